The molecule has 6 heteroatoms. The third-order valence-electron chi connectivity index (χ3n) is 2.25. The lowest BCUT2D eigenvalue weighted by Crippen LogP contribution is -2.33. The van der Waals surface area contributed by atoms with Gasteiger partial charge in [0.1, 0.15) is 0 Å². The summed E-state index contributed by atoms with van der Waals surface area (Å²) in [7, 11) is 0. The third-order valence-corrected chi connectivity index (χ3v) is 2.25. The molecule has 0 aliphatic carbocycles. The first-order chi connectivity index (χ1) is 6.50. The van der Waals surface area contributed by atoms with E-state index in [4.69, 9.17) is 5.11 Å². The number of carbonyl (C=O) groups is 2. The van der Waals surface area contributed by atoms with Crippen molar-refractivity contribution in [3.8, 4) is 0 Å². The van der Waals surface area contributed by atoms with Gasteiger partial charge in [-0.3, -0.25) is 9.59 Å². The van der Waals surface area contributed by atoms with Crippen molar-refractivity contribution < 1.29 is 23.5 Å². The number of hydrogen-bond acceptors (Lipinski definition) is 2. The van der Waals surface area contributed by atoms with Crippen molar-refractivity contribution in [2.75, 3.05) is 13.1 Å². The van der Waals surface area contributed by atoms with E-state index in [-0.39, 0.29) is 25.4 Å². The first-order valence-corrected chi connectivity index (χ1v) is 4.29. The fourth-order valence-corrected chi connectivity index (χ4v) is 1.58. The molecule has 1 aliphatic rings. The molecule has 0 aromatic carbocycles. The van der Waals surface area contributed by atoms with Crippen LogP contribution in [0.5, 0.6) is 0 Å². The lowest BCUT2D eigenvalue weighted by molar-refractivity contribution is -0.142. The predicted octanol–water partition coefficient (Wildman–Crippen LogP) is 0.575. The number of amides is 1. The number of carbonyl (C=O) groups excluding carboxylic acids is 1. The number of likely N-dealkylation sites (tertiary alicyclic amines) is 1. The second-order valence-electron chi connectivity index (χ2n) is 3.34. The lowest BCUT2D eigenvalue weighted by Gasteiger charge is -2.14. The minimum atomic E-state index is -2.99. The number of alkyl halides is 2. The molecule has 80 valence electrons. The highest BCUT2D eigenvalue weighted by Gasteiger charge is 2.31. The molecule has 0 spiro atoms. The molecule has 4 nitrogen and oxygen atoms in total. The molecule has 1 rings (SSSR count). The molecule has 0 bridgehead atoms. The topological polar surface area (TPSA) is 57.6 Å². The maximum atomic E-state index is 12.0. The van der Waals surface area contributed by atoms with Crippen LogP contribution in [0, 0.1) is 5.92 Å². The summed E-state index contributed by atoms with van der Waals surface area (Å²) in [6, 6.07) is 0. The minimum Gasteiger partial charge on any atom is -0.481 e. The van der Waals surface area contributed by atoms with Gasteiger partial charge in [-0.05, 0) is 12.3 Å². The van der Waals surface area contributed by atoms with Crippen molar-refractivity contribution in [3.63, 3.8) is 0 Å². The van der Waals surface area contributed by atoms with Gasteiger partial charge in [0, 0.05) is 19.5 Å². The standard InChI is InChI=1S/C8H11F2NO3/c9-7(10)8(14)11-2-1-5(4-11)3-6(12)13/h5,7H,1-4H2,(H,12,13). The van der Waals surface area contributed by atoms with Gasteiger partial charge < -0.3 is 10.0 Å². The van der Waals surface area contributed by atoms with E-state index in [1.165, 1.54) is 0 Å². The highest BCUT2D eigenvalue weighted by molar-refractivity contribution is 5.79. The molecule has 1 amide bonds. The summed E-state index contributed by atoms with van der Waals surface area (Å²) in [5.74, 6) is -2.34. The van der Waals surface area contributed by atoms with E-state index in [1.807, 2.05) is 0 Å². The smallest absolute Gasteiger partial charge is 0.315 e. The Labute approximate surface area is 79.5 Å². The van der Waals surface area contributed by atoms with Crippen molar-refractivity contribution in [2.24, 2.45) is 5.92 Å². The Morgan fingerprint density at radius 2 is 2.14 bits per heavy atom. The average Bonchev–Trinajstić information content (AvgIpc) is 2.50. The van der Waals surface area contributed by atoms with Crippen LogP contribution in [0.4, 0.5) is 8.78 Å². The van der Waals surface area contributed by atoms with Gasteiger partial charge in [0.15, 0.2) is 0 Å². The normalized spacial score (nSPS) is 21.6. The van der Waals surface area contributed by atoms with Crippen LogP contribution in [0.25, 0.3) is 0 Å². The molecule has 1 fully saturated rings. The van der Waals surface area contributed by atoms with Crippen LogP contribution in [-0.4, -0.2) is 41.4 Å². The Bertz CT molecular complexity index is 245. The van der Waals surface area contributed by atoms with Crippen LogP contribution in [0.3, 0.4) is 0 Å². The van der Waals surface area contributed by atoms with E-state index in [0.717, 1.165) is 4.90 Å². The van der Waals surface area contributed by atoms with E-state index < -0.39 is 18.3 Å². The quantitative estimate of drug-likeness (QED) is 0.736. The molecular formula is C8H11F2NO3. The van der Waals surface area contributed by atoms with Crippen LogP contribution in [0.1, 0.15) is 12.8 Å². The zero-order valence-electron chi connectivity index (χ0n) is 7.45. The molecule has 0 saturated carbocycles. The predicted molar refractivity (Wildman–Crippen MR) is 42.9 cm³/mol. The number of aliphatic carboxylic acids is 1. The fraction of sp³-hybridized carbons (Fsp3) is 0.750. The number of carboxylic acids is 1. The summed E-state index contributed by atoms with van der Waals surface area (Å²) in [4.78, 5) is 22.1. The number of nitrogens with zero attached hydrogens (tertiary/aromatic N) is 1. The third kappa shape index (κ3) is 2.65. The molecule has 1 aliphatic heterocycles. The van der Waals surface area contributed by atoms with Crippen LogP contribution < -0.4 is 0 Å². The van der Waals surface area contributed by atoms with Crippen molar-refractivity contribution in [1.29, 1.82) is 0 Å². The number of rotatable bonds is 3. The molecule has 1 unspecified atom stereocenters. The van der Waals surface area contributed by atoms with Crippen LogP contribution in [-0.2, 0) is 9.59 Å². The Morgan fingerprint density at radius 3 is 2.64 bits per heavy atom. The second-order valence-corrected chi connectivity index (χ2v) is 3.34. The summed E-state index contributed by atoms with van der Waals surface area (Å²) in [6.07, 6.45) is -2.56. The number of halogens is 2. The summed E-state index contributed by atoms with van der Waals surface area (Å²) in [6.45, 7) is 0.372. The molecule has 14 heavy (non-hydrogen) atoms. The maximum Gasteiger partial charge on any atom is 0.315 e. The van der Waals surface area contributed by atoms with Gasteiger partial charge in [-0.2, -0.15) is 8.78 Å². The largest absolute Gasteiger partial charge is 0.481 e. The zero-order chi connectivity index (χ0) is 10.7. The van der Waals surface area contributed by atoms with E-state index in [2.05, 4.69) is 0 Å². The molecule has 0 aromatic heterocycles. The van der Waals surface area contributed by atoms with E-state index in [9.17, 15) is 18.4 Å². The summed E-state index contributed by atoms with van der Waals surface area (Å²) >= 11 is 0. The maximum absolute atomic E-state index is 12.0. The van der Waals surface area contributed by atoms with Crippen molar-refractivity contribution in [2.45, 2.75) is 19.3 Å². The van der Waals surface area contributed by atoms with Gasteiger partial charge in [0.05, 0.1) is 0 Å². The lowest BCUT2D eigenvalue weighted by atomic mass is 10.1. The molecule has 0 radical (unpaired) electrons. The van der Waals surface area contributed by atoms with Crippen LogP contribution in [0.2, 0.25) is 0 Å². The molecule has 1 N–H and O–H groups in total. The SMILES string of the molecule is O=C(O)CC1CCN(C(=O)C(F)F)C1. The summed E-state index contributed by atoms with van der Waals surface area (Å²) in [5, 5.41) is 8.46. The van der Waals surface area contributed by atoms with Crippen LogP contribution >= 0.6 is 0 Å². The zero-order valence-corrected chi connectivity index (χ0v) is 7.45. The van der Waals surface area contributed by atoms with Crippen molar-refractivity contribution >= 4 is 11.9 Å². The Kier molecular flexibility index (Phi) is 3.38. The molecule has 0 aromatic rings. The first-order valence-electron chi connectivity index (χ1n) is 4.29. The van der Waals surface area contributed by atoms with Gasteiger partial charge in [-0.1, -0.05) is 0 Å². The summed E-state index contributed by atoms with van der Waals surface area (Å²) in [5.41, 5.74) is 0. The second kappa shape index (κ2) is 4.34. The molecule has 1 atom stereocenters. The molecule has 1 heterocycles. The van der Waals surface area contributed by atoms with Crippen molar-refractivity contribution in [1.82, 2.24) is 4.90 Å². The van der Waals surface area contributed by atoms with Gasteiger partial charge in [-0.15, -0.1) is 0 Å². The first kappa shape index (κ1) is 10.9. The average molecular weight is 207 g/mol. The minimum absolute atomic E-state index is 0.0625. The van der Waals surface area contributed by atoms with Gasteiger partial charge in [0.2, 0.25) is 0 Å². The van der Waals surface area contributed by atoms with E-state index in [1.54, 1.807) is 0 Å². The number of carboxylic acid groups (broad SMARTS) is 1. The fourth-order valence-electron chi connectivity index (χ4n) is 1.58. The van der Waals surface area contributed by atoms with Gasteiger partial charge in [-0.25, -0.2) is 0 Å². The van der Waals surface area contributed by atoms with E-state index in [0.29, 0.717) is 6.42 Å². The highest BCUT2D eigenvalue weighted by Crippen LogP contribution is 2.20. The monoisotopic (exact) mass is 207 g/mol. The Hall–Kier alpha value is -1.20. The van der Waals surface area contributed by atoms with E-state index >= 15 is 0 Å². The molecular weight excluding hydrogens is 196 g/mol. The van der Waals surface area contributed by atoms with Crippen molar-refractivity contribution in [3.05, 3.63) is 0 Å². The Morgan fingerprint density at radius 1 is 1.50 bits per heavy atom. The van der Waals surface area contributed by atoms with Gasteiger partial charge >= 0.3 is 12.4 Å². The van der Waals surface area contributed by atoms with Gasteiger partial charge in [0.25, 0.3) is 5.91 Å². The number of hydrogen-bond donors (Lipinski definition) is 1. The Balaban J connectivity index is 2.41. The highest BCUT2D eigenvalue weighted by atomic mass is 19.3. The summed E-state index contributed by atoms with van der Waals surface area (Å²) < 4.78 is 23.9. The van der Waals surface area contributed by atoms with Crippen LogP contribution in [0.15, 0.2) is 0 Å². The molecule has 1 saturated heterocycles.